The third-order valence-electron chi connectivity index (χ3n) is 7.24. The lowest BCUT2D eigenvalue weighted by molar-refractivity contribution is 0.262. The maximum absolute atomic E-state index is 13.3. The highest BCUT2D eigenvalue weighted by molar-refractivity contribution is 6.47. The molecule has 0 saturated heterocycles. The number of carbonyl (C=O) groups excluding carboxylic acids is 1. The quantitative estimate of drug-likeness (QED) is 0.272. The standard InChI is InChI=1S/C29H31B4N7O/c1-17(2)28(30,31)40(29(32,33)18(3)4)25-15-12-20(22-8-6-7-9-23(22)26-36-38-39-37-26)16-24(25)35-27(41)34-21-13-10-19(5)11-14-21/h6-18H,1-5H3,(H2,34,35,41)(H,36,37,38,39). The minimum absolute atomic E-state index is 0.263. The van der Waals surface area contributed by atoms with E-state index in [1.54, 1.807) is 11.0 Å². The first-order valence-electron chi connectivity index (χ1n) is 13.4. The van der Waals surface area contributed by atoms with Gasteiger partial charge in [-0.25, -0.2) is 4.79 Å². The van der Waals surface area contributed by atoms with E-state index < -0.39 is 16.7 Å². The number of H-pyrrole nitrogens is 1. The van der Waals surface area contributed by atoms with E-state index in [4.69, 9.17) is 31.4 Å². The third kappa shape index (κ3) is 6.37. The number of benzene rings is 3. The van der Waals surface area contributed by atoms with E-state index in [1.165, 1.54) is 0 Å². The van der Waals surface area contributed by atoms with Gasteiger partial charge in [-0.2, -0.15) is 5.21 Å². The van der Waals surface area contributed by atoms with E-state index in [0.29, 0.717) is 22.9 Å². The van der Waals surface area contributed by atoms with Gasteiger partial charge in [0.2, 0.25) is 5.82 Å². The molecule has 0 atom stereocenters. The molecule has 4 aromatic rings. The molecule has 1 heterocycles. The van der Waals surface area contributed by atoms with Crippen molar-refractivity contribution in [2.45, 2.75) is 45.3 Å². The van der Waals surface area contributed by atoms with Crippen molar-refractivity contribution in [3.8, 4) is 22.5 Å². The van der Waals surface area contributed by atoms with Gasteiger partial charge in [0.05, 0.1) is 42.8 Å². The summed E-state index contributed by atoms with van der Waals surface area (Å²) in [5.41, 5.74) is 4.92. The fraction of sp³-hybridized carbons (Fsp3) is 0.310. The Hall–Kier alpha value is -3.94. The third-order valence-corrected chi connectivity index (χ3v) is 7.24. The molecule has 200 valence electrons. The normalized spacial score (nSPS) is 12.0. The van der Waals surface area contributed by atoms with Gasteiger partial charge in [0, 0.05) is 11.3 Å². The first-order chi connectivity index (χ1) is 19.3. The molecule has 12 heteroatoms. The summed E-state index contributed by atoms with van der Waals surface area (Å²) in [4.78, 5) is 14.9. The number of amides is 2. The topological polar surface area (TPSA) is 98.8 Å². The van der Waals surface area contributed by atoms with Crippen LogP contribution in [0.1, 0.15) is 33.3 Å². The first kappa shape index (κ1) is 30.0. The van der Waals surface area contributed by atoms with Gasteiger partial charge in [0.1, 0.15) is 0 Å². The predicted molar refractivity (Wildman–Crippen MR) is 170 cm³/mol. The summed E-state index contributed by atoms with van der Waals surface area (Å²) in [6, 6.07) is 20.1. The van der Waals surface area contributed by atoms with Crippen LogP contribution in [0.25, 0.3) is 22.5 Å². The van der Waals surface area contributed by atoms with Crippen LogP contribution in [0.4, 0.5) is 21.9 Å². The van der Waals surface area contributed by atoms with Crippen LogP contribution in [0.15, 0.2) is 66.7 Å². The van der Waals surface area contributed by atoms with Crippen LogP contribution in [0, 0.1) is 18.8 Å². The second-order valence-corrected chi connectivity index (χ2v) is 10.9. The molecule has 0 aliphatic rings. The summed E-state index contributed by atoms with van der Waals surface area (Å²) in [5.74, 6) is -0.0930. The highest BCUT2D eigenvalue weighted by atomic mass is 16.2. The van der Waals surface area contributed by atoms with Crippen LogP contribution in [0.3, 0.4) is 0 Å². The summed E-state index contributed by atoms with van der Waals surface area (Å²) >= 11 is 0. The number of urea groups is 1. The van der Waals surface area contributed by atoms with Crippen molar-refractivity contribution in [1.82, 2.24) is 20.6 Å². The summed E-state index contributed by atoms with van der Waals surface area (Å²) in [5, 5.41) is 17.4. The monoisotopic (exact) mass is 537 g/mol. The number of aromatic nitrogens is 4. The molecule has 2 amide bonds. The lowest BCUT2D eigenvalue weighted by Gasteiger charge is -2.57. The largest absolute Gasteiger partial charge is 0.393 e. The number of nitrogens with one attached hydrogen (secondary N) is 3. The van der Waals surface area contributed by atoms with E-state index in [1.807, 2.05) is 95.3 Å². The van der Waals surface area contributed by atoms with Crippen molar-refractivity contribution in [3.05, 3.63) is 72.3 Å². The molecule has 0 unspecified atom stereocenters. The van der Waals surface area contributed by atoms with E-state index in [0.717, 1.165) is 22.3 Å². The SMILES string of the molecule is [B]C([B])(C(C)C)N(c1ccc(-c2ccccc2-c2nn[nH]n2)cc1NC(=O)Nc1ccc(C)cc1)C([B])([B])C(C)C. The zero-order valence-corrected chi connectivity index (χ0v) is 24.0. The molecule has 41 heavy (non-hydrogen) atoms. The van der Waals surface area contributed by atoms with Gasteiger partial charge in [0.25, 0.3) is 0 Å². The van der Waals surface area contributed by atoms with Crippen molar-refractivity contribution >= 4 is 54.5 Å². The van der Waals surface area contributed by atoms with Crippen molar-refractivity contribution in [2.75, 3.05) is 15.5 Å². The molecule has 3 N–H and O–H groups in total. The highest BCUT2D eigenvalue weighted by Gasteiger charge is 2.40. The molecule has 0 saturated carbocycles. The van der Waals surface area contributed by atoms with Crippen molar-refractivity contribution < 1.29 is 4.79 Å². The van der Waals surface area contributed by atoms with Crippen LogP contribution in [0.5, 0.6) is 0 Å². The Labute approximate surface area is 247 Å². The number of rotatable bonds is 9. The second-order valence-electron chi connectivity index (χ2n) is 10.9. The van der Waals surface area contributed by atoms with Gasteiger partial charge in [-0.15, -0.1) is 10.2 Å². The molecule has 0 aliphatic carbocycles. The van der Waals surface area contributed by atoms with Gasteiger partial charge in [-0.1, -0.05) is 75.7 Å². The van der Waals surface area contributed by atoms with Crippen molar-refractivity contribution in [1.29, 1.82) is 0 Å². The van der Waals surface area contributed by atoms with Crippen LogP contribution in [-0.2, 0) is 0 Å². The fourth-order valence-electron chi connectivity index (χ4n) is 4.40. The molecular weight excluding hydrogens is 506 g/mol. The molecule has 3 aromatic carbocycles. The number of carbonyl (C=O) groups is 1. The lowest BCUT2D eigenvalue weighted by atomic mass is 9.46. The maximum atomic E-state index is 13.3. The summed E-state index contributed by atoms with van der Waals surface area (Å²) in [6.45, 7) is 9.52. The molecule has 4 rings (SSSR count). The summed E-state index contributed by atoms with van der Waals surface area (Å²) in [7, 11) is 26.9. The second kappa shape index (κ2) is 11.9. The van der Waals surface area contributed by atoms with E-state index >= 15 is 0 Å². The smallest absolute Gasteiger partial charge is 0.323 e. The van der Waals surface area contributed by atoms with E-state index in [9.17, 15) is 4.79 Å². The number of aryl methyl sites for hydroxylation is 1. The van der Waals surface area contributed by atoms with Gasteiger partial charge < -0.3 is 15.5 Å². The zero-order valence-electron chi connectivity index (χ0n) is 24.0. The fourth-order valence-corrected chi connectivity index (χ4v) is 4.40. The number of hydrogen-bond acceptors (Lipinski definition) is 5. The number of anilines is 3. The summed E-state index contributed by atoms with van der Waals surface area (Å²) in [6.07, 6.45) is 0. The molecule has 0 spiro atoms. The van der Waals surface area contributed by atoms with Crippen LogP contribution >= 0.6 is 0 Å². The molecule has 0 aliphatic heterocycles. The van der Waals surface area contributed by atoms with Crippen LogP contribution < -0.4 is 15.5 Å². The Morgan fingerprint density at radius 2 is 1.46 bits per heavy atom. The van der Waals surface area contributed by atoms with Gasteiger partial charge in [0.15, 0.2) is 0 Å². The molecule has 8 radical (unpaired) electrons. The van der Waals surface area contributed by atoms with E-state index in [-0.39, 0.29) is 11.8 Å². The van der Waals surface area contributed by atoms with Crippen molar-refractivity contribution in [3.63, 3.8) is 0 Å². The number of tetrazole rings is 1. The van der Waals surface area contributed by atoms with E-state index in [2.05, 4.69) is 31.3 Å². The number of nitrogens with zero attached hydrogens (tertiary/aromatic N) is 4. The molecular formula is C29H31B4N7O. The highest BCUT2D eigenvalue weighted by Crippen LogP contribution is 2.41. The molecule has 1 aromatic heterocycles. The molecule has 8 nitrogen and oxygen atoms in total. The van der Waals surface area contributed by atoms with Crippen molar-refractivity contribution in [2.24, 2.45) is 11.8 Å². The Morgan fingerprint density at radius 3 is 2.02 bits per heavy atom. The Balaban J connectivity index is 1.87. The summed E-state index contributed by atoms with van der Waals surface area (Å²) < 4.78 is 0. The minimum atomic E-state index is -1.47. The van der Waals surface area contributed by atoms with Crippen LogP contribution in [-0.4, -0.2) is 68.7 Å². The molecule has 0 bridgehead atoms. The van der Waals surface area contributed by atoms with Gasteiger partial charge in [-0.3, -0.25) is 0 Å². The average Bonchev–Trinajstić information content (AvgIpc) is 3.45. The van der Waals surface area contributed by atoms with Gasteiger partial charge in [-0.05, 0) is 70.0 Å². The maximum Gasteiger partial charge on any atom is 0.323 e. The Bertz CT molecular complexity index is 1470. The zero-order chi connectivity index (χ0) is 29.9. The lowest BCUT2D eigenvalue weighted by Crippen LogP contribution is -2.67. The molecule has 0 fully saturated rings. The Kier molecular flexibility index (Phi) is 8.71. The minimum Gasteiger partial charge on any atom is -0.393 e. The number of aromatic amines is 1. The Morgan fingerprint density at radius 1 is 0.854 bits per heavy atom. The van der Waals surface area contributed by atoms with Crippen LogP contribution in [0.2, 0.25) is 0 Å². The predicted octanol–water partition coefficient (Wildman–Crippen LogP) is 4.59. The van der Waals surface area contributed by atoms with Gasteiger partial charge >= 0.3 is 6.03 Å². The number of hydrogen-bond donors (Lipinski definition) is 3. The first-order valence-corrected chi connectivity index (χ1v) is 13.4. The average molecular weight is 537 g/mol.